The summed E-state index contributed by atoms with van der Waals surface area (Å²) in [6, 6.07) is 0.109. The van der Waals surface area contributed by atoms with Crippen molar-refractivity contribution in [2.45, 2.75) is 26.3 Å². The first-order chi connectivity index (χ1) is 8.91. The maximum absolute atomic E-state index is 10.9. The average Bonchev–Trinajstić information content (AvgIpc) is 2.36. The number of nitro groups is 1. The van der Waals surface area contributed by atoms with E-state index in [1.807, 2.05) is 0 Å². The molecule has 0 aromatic carbocycles. The van der Waals surface area contributed by atoms with Crippen LogP contribution in [0, 0.1) is 23.0 Å². The van der Waals surface area contributed by atoms with Gasteiger partial charge in [-0.05, 0) is 35.2 Å². The van der Waals surface area contributed by atoms with Crippen LogP contribution in [0.1, 0.15) is 18.9 Å². The maximum atomic E-state index is 10.9. The Kier molecular flexibility index (Phi) is 4.05. The zero-order valence-electron chi connectivity index (χ0n) is 11.0. The molecule has 0 bridgehead atoms. The highest BCUT2D eigenvalue weighted by Crippen LogP contribution is 2.34. The van der Waals surface area contributed by atoms with Crippen LogP contribution < -0.4 is 10.6 Å². The van der Waals surface area contributed by atoms with Crippen molar-refractivity contribution in [1.29, 1.82) is 0 Å². The molecule has 19 heavy (non-hydrogen) atoms. The number of piperidine rings is 1. The predicted octanol–water partition coefficient (Wildman–Crippen LogP) is 2.23. The van der Waals surface area contributed by atoms with Crippen LogP contribution in [0.15, 0.2) is 10.7 Å². The minimum absolute atomic E-state index is 0.0327. The molecular formula is C12H17BrN4O2. The second-order valence-electron chi connectivity index (χ2n) is 5.04. The van der Waals surface area contributed by atoms with E-state index in [2.05, 4.69) is 32.7 Å². The van der Waals surface area contributed by atoms with Gasteiger partial charge in [0.25, 0.3) is 5.69 Å². The summed E-state index contributed by atoms with van der Waals surface area (Å²) in [5.74, 6) is 1.24. The van der Waals surface area contributed by atoms with Gasteiger partial charge in [0, 0.05) is 24.7 Å². The molecule has 2 unspecified atom stereocenters. The normalized spacial score (nSPS) is 23.5. The van der Waals surface area contributed by atoms with Gasteiger partial charge < -0.3 is 10.6 Å². The third-order valence-electron chi connectivity index (χ3n) is 3.73. The number of anilines is 1. The van der Waals surface area contributed by atoms with Crippen LogP contribution in [-0.4, -0.2) is 29.0 Å². The van der Waals surface area contributed by atoms with Crippen molar-refractivity contribution in [1.82, 2.24) is 4.98 Å². The monoisotopic (exact) mass is 328 g/mol. The zero-order valence-corrected chi connectivity index (χ0v) is 12.6. The van der Waals surface area contributed by atoms with Crippen molar-refractivity contribution in [3.63, 3.8) is 0 Å². The molecule has 0 amide bonds. The summed E-state index contributed by atoms with van der Waals surface area (Å²) >= 11 is 3.42. The fourth-order valence-corrected chi connectivity index (χ4v) is 2.81. The molecule has 0 aliphatic carbocycles. The number of nitrogens with zero attached hydrogens (tertiary/aromatic N) is 3. The Balaban J connectivity index is 2.31. The molecule has 104 valence electrons. The minimum Gasteiger partial charge on any atom is -0.354 e. The van der Waals surface area contributed by atoms with E-state index < -0.39 is 4.92 Å². The summed E-state index contributed by atoms with van der Waals surface area (Å²) in [6.45, 7) is 5.47. The SMILES string of the molecule is Cc1c([N+](=O)[O-])cnc(N2CCC(C)C(N)C2)c1Br. The van der Waals surface area contributed by atoms with E-state index in [1.165, 1.54) is 6.20 Å². The highest BCUT2D eigenvalue weighted by Gasteiger charge is 2.27. The highest BCUT2D eigenvalue weighted by molar-refractivity contribution is 9.10. The first-order valence-corrected chi connectivity index (χ1v) is 7.01. The average molecular weight is 329 g/mol. The van der Waals surface area contributed by atoms with Crippen LogP contribution >= 0.6 is 15.9 Å². The van der Waals surface area contributed by atoms with E-state index in [1.54, 1.807) is 6.92 Å². The summed E-state index contributed by atoms with van der Waals surface area (Å²) in [7, 11) is 0. The fraction of sp³-hybridized carbons (Fsp3) is 0.583. The number of nitrogens with two attached hydrogens (primary N) is 1. The quantitative estimate of drug-likeness (QED) is 0.664. The summed E-state index contributed by atoms with van der Waals surface area (Å²) in [6.07, 6.45) is 2.32. The smallest absolute Gasteiger partial charge is 0.291 e. The third kappa shape index (κ3) is 2.71. The zero-order chi connectivity index (χ0) is 14.2. The number of halogens is 1. The predicted molar refractivity (Wildman–Crippen MR) is 77.3 cm³/mol. The van der Waals surface area contributed by atoms with Gasteiger partial charge in [-0.25, -0.2) is 4.98 Å². The number of hydrogen-bond donors (Lipinski definition) is 1. The second-order valence-corrected chi connectivity index (χ2v) is 5.83. The van der Waals surface area contributed by atoms with Gasteiger partial charge in [-0.2, -0.15) is 0 Å². The van der Waals surface area contributed by atoms with E-state index in [4.69, 9.17) is 5.73 Å². The van der Waals surface area contributed by atoms with Gasteiger partial charge in [0.05, 0.1) is 9.40 Å². The number of pyridine rings is 1. The highest BCUT2D eigenvalue weighted by atomic mass is 79.9. The minimum atomic E-state index is -0.416. The lowest BCUT2D eigenvalue weighted by Gasteiger charge is -2.36. The molecular weight excluding hydrogens is 312 g/mol. The molecule has 0 radical (unpaired) electrons. The van der Waals surface area contributed by atoms with Crippen molar-refractivity contribution in [2.75, 3.05) is 18.0 Å². The van der Waals surface area contributed by atoms with Crippen molar-refractivity contribution >= 4 is 27.4 Å². The fourth-order valence-electron chi connectivity index (χ4n) is 2.25. The van der Waals surface area contributed by atoms with Crippen molar-refractivity contribution < 1.29 is 4.92 Å². The molecule has 0 saturated carbocycles. The van der Waals surface area contributed by atoms with E-state index in [-0.39, 0.29) is 11.7 Å². The molecule has 1 aromatic rings. The Hall–Kier alpha value is -1.21. The largest absolute Gasteiger partial charge is 0.354 e. The lowest BCUT2D eigenvalue weighted by atomic mass is 9.94. The molecule has 2 atom stereocenters. The topological polar surface area (TPSA) is 85.3 Å². The first kappa shape index (κ1) is 14.2. The Morgan fingerprint density at radius 3 is 2.89 bits per heavy atom. The summed E-state index contributed by atoms with van der Waals surface area (Å²) in [5, 5.41) is 10.9. The van der Waals surface area contributed by atoms with Gasteiger partial charge in [0.2, 0.25) is 0 Å². The number of hydrogen-bond acceptors (Lipinski definition) is 5. The molecule has 1 aliphatic rings. The standard InChI is InChI=1S/C12H17BrN4O2/c1-7-3-4-16(6-9(7)14)12-11(13)8(2)10(5-15-12)17(18)19/h5,7,9H,3-4,6,14H2,1-2H3. The summed E-state index contributed by atoms with van der Waals surface area (Å²) < 4.78 is 0.684. The van der Waals surface area contributed by atoms with Crippen molar-refractivity contribution in [3.05, 3.63) is 26.3 Å². The lowest BCUT2D eigenvalue weighted by Crippen LogP contribution is -2.48. The van der Waals surface area contributed by atoms with Gasteiger partial charge in [0.15, 0.2) is 0 Å². The van der Waals surface area contributed by atoms with Gasteiger partial charge in [-0.15, -0.1) is 0 Å². The number of aromatic nitrogens is 1. The van der Waals surface area contributed by atoms with Crippen LogP contribution in [0.4, 0.5) is 11.5 Å². The summed E-state index contributed by atoms with van der Waals surface area (Å²) in [5.41, 5.74) is 6.71. The van der Waals surface area contributed by atoms with Crippen molar-refractivity contribution in [3.8, 4) is 0 Å². The van der Waals surface area contributed by atoms with Crippen LogP contribution in [0.3, 0.4) is 0 Å². The Labute approximate surface area is 120 Å². The van der Waals surface area contributed by atoms with Crippen LogP contribution in [0.25, 0.3) is 0 Å². The molecule has 1 fully saturated rings. The van der Waals surface area contributed by atoms with Gasteiger partial charge >= 0.3 is 0 Å². The summed E-state index contributed by atoms with van der Waals surface area (Å²) in [4.78, 5) is 16.8. The molecule has 1 saturated heterocycles. The van der Waals surface area contributed by atoms with Crippen LogP contribution in [0.5, 0.6) is 0 Å². The molecule has 2 N–H and O–H groups in total. The first-order valence-electron chi connectivity index (χ1n) is 6.21. The Bertz CT molecular complexity index is 509. The molecule has 0 spiro atoms. The maximum Gasteiger partial charge on any atom is 0.291 e. The van der Waals surface area contributed by atoms with Gasteiger partial charge in [-0.1, -0.05) is 6.92 Å². The molecule has 2 rings (SSSR count). The Morgan fingerprint density at radius 1 is 1.63 bits per heavy atom. The van der Waals surface area contributed by atoms with Crippen LogP contribution in [0.2, 0.25) is 0 Å². The van der Waals surface area contributed by atoms with Crippen LogP contribution in [-0.2, 0) is 0 Å². The van der Waals surface area contributed by atoms with Crippen molar-refractivity contribution in [2.24, 2.45) is 11.7 Å². The molecule has 6 nitrogen and oxygen atoms in total. The molecule has 2 heterocycles. The van der Waals surface area contributed by atoms with E-state index in [9.17, 15) is 10.1 Å². The number of rotatable bonds is 2. The lowest BCUT2D eigenvalue weighted by molar-refractivity contribution is -0.385. The van der Waals surface area contributed by atoms with Gasteiger partial charge in [0.1, 0.15) is 12.0 Å². The van der Waals surface area contributed by atoms with E-state index in [0.29, 0.717) is 16.0 Å². The second kappa shape index (κ2) is 5.42. The molecule has 1 aromatic heterocycles. The molecule has 1 aliphatic heterocycles. The third-order valence-corrected chi connectivity index (χ3v) is 4.68. The molecule has 7 heteroatoms. The van der Waals surface area contributed by atoms with E-state index >= 15 is 0 Å². The Morgan fingerprint density at radius 2 is 2.32 bits per heavy atom. The van der Waals surface area contributed by atoms with E-state index in [0.717, 1.165) is 25.3 Å². The van der Waals surface area contributed by atoms with Gasteiger partial charge in [-0.3, -0.25) is 10.1 Å².